The third kappa shape index (κ3) is 2.02. The predicted molar refractivity (Wildman–Crippen MR) is 67.2 cm³/mol. The number of hydrogen-bond donors (Lipinski definition) is 0. The average Bonchev–Trinajstić information content (AvgIpc) is 3.08. The largest absolute Gasteiger partial charge is 0.387 e. The van der Waals surface area contributed by atoms with Gasteiger partial charge < -0.3 is 14.3 Å². The zero-order valence-electron chi connectivity index (χ0n) is 10.4. The lowest BCUT2D eigenvalue weighted by atomic mass is 9.90. The van der Waals surface area contributed by atoms with Gasteiger partial charge in [0.25, 0.3) is 0 Å². The molecule has 2 aliphatic heterocycles. The Morgan fingerprint density at radius 1 is 1.17 bits per heavy atom. The van der Waals surface area contributed by atoms with Crippen LogP contribution in [-0.2, 0) is 14.3 Å². The van der Waals surface area contributed by atoms with E-state index in [9.17, 15) is 0 Å². The van der Waals surface area contributed by atoms with Gasteiger partial charge in [0.05, 0.1) is 24.8 Å². The lowest BCUT2D eigenvalue weighted by Crippen LogP contribution is -2.31. The van der Waals surface area contributed by atoms with E-state index in [4.69, 9.17) is 14.3 Å². The third-order valence-electron chi connectivity index (χ3n) is 3.43. The summed E-state index contributed by atoms with van der Waals surface area (Å²) >= 11 is 0. The molecule has 2 aliphatic rings. The second-order valence-corrected chi connectivity index (χ2v) is 4.51. The van der Waals surface area contributed by atoms with Crippen LogP contribution in [0.2, 0.25) is 0 Å². The van der Waals surface area contributed by atoms with Crippen molar-refractivity contribution in [3.05, 3.63) is 35.9 Å². The van der Waals surface area contributed by atoms with Crippen molar-refractivity contribution in [1.82, 2.24) is 0 Å². The van der Waals surface area contributed by atoms with Crippen molar-refractivity contribution in [3.8, 4) is 0 Å². The highest BCUT2D eigenvalue weighted by Crippen LogP contribution is 2.38. The van der Waals surface area contributed by atoms with Crippen LogP contribution in [0.5, 0.6) is 0 Å². The van der Waals surface area contributed by atoms with E-state index in [1.807, 2.05) is 18.2 Å². The summed E-state index contributed by atoms with van der Waals surface area (Å²) in [7, 11) is 0. The zero-order chi connectivity index (χ0) is 12.4. The minimum absolute atomic E-state index is 0.0694. The van der Waals surface area contributed by atoms with E-state index in [0.717, 1.165) is 17.7 Å². The summed E-state index contributed by atoms with van der Waals surface area (Å²) in [6.45, 7) is 3.39. The van der Waals surface area contributed by atoms with Crippen molar-refractivity contribution in [2.45, 2.75) is 25.7 Å². The molecule has 0 aliphatic carbocycles. The normalized spacial score (nSPS) is 28.2. The molecule has 1 fully saturated rings. The van der Waals surface area contributed by atoms with E-state index in [0.29, 0.717) is 13.2 Å². The molecule has 4 nitrogen and oxygen atoms in total. The van der Waals surface area contributed by atoms with Gasteiger partial charge >= 0.3 is 0 Å². The minimum Gasteiger partial charge on any atom is -0.387 e. The lowest BCUT2D eigenvalue weighted by molar-refractivity contribution is -0.0966. The zero-order valence-corrected chi connectivity index (χ0v) is 10.4. The van der Waals surface area contributed by atoms with Crippen LogP contribution in [0.4, 0.5) is 0 Å². The van der Waals surface area contributed by atoms with Crippen LogP contribution in [0.15, 0.2) is 35.5 Å². The molecule has 0 radical (unpaired) electrons. The Balaban J connectivity index is 1.86. The van der Waals surface area contributed by atoms with Gasteiger partial charge in [-0.1, -0.05) is 42.4 Å². The summed E-state index contributed by atoms with van der Waals surface area (Å²) in [5.74, 6) is 0.0694. The monoisotopic (exact) mass is 247 g/mol. The first-order valence-electron chi connectivity index (χ1n) is 6.41. The van der Waals surface area contributed by atoms with Gasteiger partial charge in [-0.05, 0) is 12.0 Å². The molecule has 1 aromatic carbocycles. The molecule has 0 N–H and O–H groups in total. The Kier molecular flexibility index (Phi) is 3.30. The highest BCUT2D eigenvalue weighted by molar-refractivity contribution is 5.88. The van der Waals surface area contributed by atoms with Gasteiger partial charge in [0.2, 0.25) is 0 Å². The molecule has 0 aromatic heterocycles. The number of oxime groups is 1. The van der Waals surface area contributed by atoms with E-state index < -0.39 is 0 Å². The first-order valence-corrected chi connectivity index (χ1v) is 6.41. The van der Waals surface area contributed by atoms with Crippen molar-refractivity contribution in [1.29, 1.82) is 0 Å². The van der Waals surface area contributed by atoms with E-state index >= 15 is 0 Å². The van der Waals surface area contributed by atoms with Gasteiger partial charge in [0.15, 0.2) is 12.4 Å². The fourth-order valence-corrected chi connectivity index (χ4v) is 2.52. The molecular weight excluding hydrogens is 230 g/mol. The van der Waals surface area contributed by atoms with Gasteiger partial charge in [-0.15, -0.1) is 0 Å². The van der Waals surface area contributed by atoms with Gasteiger partial charge in [0, 0.05) is 0 Å². The summed E-state index contributed by atoms with van der Waals surface area (Å²) in [5, 5.41) is 4.19. The molecule has 2 heterocycles. The molecule has 2 atom stereocenters. The first-order chi connectivity index (χ1) is 8.90. The molecule has 4 heteroatoms. The minimum atomic E-state index is -0.226. The standard InChI is InChI=1S/C14H17NO3/c1-2-11-12(14-16-8-9-17-14)13(18-15-11)10-6-4-3-5-7-10/h3-7,12-14H,2,8-9H2,1H3. The third-order valence-corrected chi connectivity index (χ3v) is 3.43. The van der Waals surface area contributed by atoms with Crippen LogP contribution in [-0.4, -0.2) is 25.2 Å². The van der Waals surface area contributed by atoms with Crippen LogP contribution in [0.1, 0.15) is 25.0 Å². The highest BCUT2D eigenvalue weighted by Gasteiger charge is 2.42. The second-order valence-electron chi connectivity index (χ2n) is 4.51. The van der Waals surface area contributed by atoms with Crippen LogP contribution >= 0.6 is 0 Å². The van der Waals surface area contributed by atoms with Crippen molar-refractivity contribution in [2.75, 3.05) is 13.2 Å². The first kappa shape index (κ1) is 11.7. The number of ether oxygens (including phenoxy) is 2. The van der Waals surface area contributed by atoms with E-state index in [1.54, 1.807) is 0 Å². The topological polar surface area (TPSA) is 40.0 Å². The summed E-state index contributed by atoms with van der Waals surface area (Å²) in [6.07, 6.45) is 0.540. The van der Waals surface area contributed by atoms with Crippen LogP contribution in [0.25, 0.3) is 0 Å². The SMILES string of the molecule is CCC1=NOC(c2ccccc2)C1C1OCCO1. The Hall–Kier alpha value is -1.39. The molecule has 0 saturated carbocycles. The predicted octanol–water partition coefficient (Wildman–Crippen LogP) is 2.51. The van der Waals surface area contributed by atoms with Gasteiger partial charge in [-0.2, -0.15) is 0 Å². The fourth-order valence-electron chi connectivity index (χ4n) is 2.52. The highest BCUT2D eigenvalue weighted by atomic mass is 16.7. The Morgan fingerprint density at radius 2 is 1.89 bits per heavy atom. The quantitative estimate of drug-likeness (QED) is 0.824. The van der Waals surface area contributed by atoms with Crippen molar-refractivity contribution in [3.63, 3.8) is 0 Å². The number of hydrogen-bond acceptors (Lipinski definition) is 4. The Bertz CT molecular complexity index is 426. The molecule has 0 amide bonds. The van der Waals surface area contributed by atoms with Gasteiger partial charge in [0.1, 0.15) is 0 Å². The molecule has 1 saturated heterocycles. The number of benzene rings is 1. The van der Waals surface area contributed by atoms with Crippen molar-refractivity contribution < 1.29 is 14.3 Å². The van der Waals surface area contributed by atoms with Crippen molar-refractivity contribution in [2.24, 2.45) is 11.1 Å². The maximum atomic E-state index is 5.64. The molecule has 2 unspecified atom stereocenters. The van der Waals surface area contributed by atoms with E-state index in [-0.39, 0.29) is 18.3 Å². The maximum Gasteiger partial charge on any atom is 0.169 e. The van der Waals surface area contributed by atoms with Crippen LogP contribution in [0.3, 0.4) is 0 Å². The molecule has 96 valence electrons. The summed E-state index contributed by atoms with van der Waals surface area (Å²) in [6, 6.07) is 10.1. The van der Waals surface area contributed by atoms with Crippen molar-refractivity contribution >= 4 is 5.71 Å². The summed E-state index contributed by atoms with van der Waals surface area (Å²) in [4.78, 5) is 5.60. The maximum absolute atomic E-state index is 5.64. The van der Waals surface area contributed by atoms with Crippen LogP contribution in [0, 0.1) is 5.92 Å². The average molecular weight is 247 g/mol. The van der Waals surface area contributed by atoms with Gasteiger partial charge in [-0.25, -0.2) is 0 Å². The molecule has 18 heavy (non-hydrogen) atoms. The summed E-state index contributed by atoms with van der Waals surface area (Å²) in [5.41, 5.74) is 2.14. The lowest BCUT2D eigenvalue weighted by Gasteiger charge is -2.23. The van der Waals surface area contributed by atoms with E-state index in [2.05, 4.69) is 24.2 Å². The molecule has 0 spiro atoms. The van der Waals surface area contributed by atoms with E-state index in [1.165, 1.54) is 0 Å². The Morgan fingerprint density at radius 3 is 2.56 bits per heavy atom. The number of nitrogens with zero attached hydrogens (tertiary/aromatic N) is 1. The molecular formula is C14H17NO3. The number of rotatable bonds is 3. The molecule has 0 bridgehead atoms. The van der Waals surface area contributed by atoms with Gasteiger partial charge in [-0.3, -0.25) is 0 Å². The molecule has 3 rings (SSSR count). The summed E-state index contributed by atoms with van der Waals surface area (Å²) < 4.78 is 11.3. The smallest absolute Gasteiger partial charge is 0.169 e. The molecule has 1 aromatic rings. The fraction of sp³-hybridized carbons (Fsp3) is 0.500. The van der Waals surface area contributed by atoms with Crippen LogP contribution < -0.4 is 0 Å². The Labute approximate surface area is 107 Å². The second kappa shape index (κ2) is 5.08.